The molecule has 5 nitrogen and oxygen atoms in total. The summed E-state index contributed by atoms with van der Waals surface area (Å²) in [7, 11) is 0. The van der Waals surface area contributed by atoms with Gasteiger partial charge in [0.25, 0.3) is 5.91 Å². The van der Waals surface area contributed by atoms with E-state index in [4.69, 9.17) is 16.3 Å². The minimum atomic E-state index is -0.247. The van der Waals surface area contributed by atoms with E-state index in [0.29, 0.717) is 30.4 Å². The fourth-order valence-corrected chi connectivity index (χ4v) is 3.88. The third kappa shape index (κ3) is 4.19. The minimum absolute atomic E-state index is 0.140. The Kier molecular flexibility index (Phi) is 5.71. The van der Waals surface area contributed by atoms with Crippen LogP contribution in [0.25, 0.3) is 10.6 Å². The van der Waals surface area contributed by atoms with Gasteiger partial charge in [-0.1, -0.05) is 23.7 Å². The van der Waals surface area contributed by atoms with E-state index in [1.807, 2.05) is 18.2 Å². The monoisotopic (exact) mass is 378 g/mol. The average molecular weight is 379 g/mol. The van der Waals surface area contributed by atoms with Crippen LogP contribution in [0.3, 0.4) is 0 Å². The van der Waals surface area contributed by atoms with Crippen LogP contribution in [0.1, 0.15) is 30.3 Å². The number of halogens is 1. The number of benzene rings is 1. The third-order valence-corrected chi connectivity index (χ3v) is 5.25. The Morgan fingerprint density at radius 1 is 1.44 bits per heavy atom. The predicted molar refractivity (Wildman–Crippen MR) is 97.8 cm³/mol. The fraction of sp³-hybridized carbons (Fsp3) is 0.389. The van der Waals surface area contributed by atoms with Crippen LogP contribution in [0.5, 0.6) is 0 Å². The first-order chi connectivity index (χ1) is 12.1. The maximum absolute atomic E-state index is 12.7. The number of nitrogens with zero attached hydrogens (tertiary/aromatic N) is 2. The maximum Gasteiger partial charge on any atom is 0.310 e. The van der Waals surface area contributed by atoms with Gasteiger partial charge in [0, 0.05) is 29.1 Å². The average Bonchev–Trinajstić information content (AvgIpc) is 3.11. The number of likely N-dealkylation sites (tertiary alicyclic amines) is 1. The molecule has 7 heteroatoms. The highest BCUT2D eigenvalue weighted by Crippen LogP contribution is 2.27. The number of piperidine rings is 1. The molecule has 0 N–H and O–H groups in total. The molecule has 1 amide bonds. The van der Waals surface area contributed by atoms with Gasteiger partial charge >= 0.3 is 5.97 Å². The summed E-state index contributed by atoms with van der Waals surface area (Å²) in [5, 5.41) is 3.14. The summed E-state index contributed by atoms with van der Waals surface area (Å²) in [6.45, 7) is 3.18. The molecule has 1 fully saturated rings. The molecule has 3 rings (SSSR count). The highest BCUT2D eigenvalue weighted by molar-refractivity contribution is 7.13. The van der Waals surface area contributed by atoms with Gasteiger partial charge in [0.1, 0.15) is 10.7 Å². The SMILES string of the molecule is CCOC(=O)C1CCCN(C(=O)c2csc(-c3cccc(Cl)c3)n2)C1. The zero-order valence-corrected chi connectivity index (χ0v) is 15.5. The highest BCUT2D eigenvalue weighted by atomic mass is 35.5. The molecule has 2 heterocycles. The van der Waals surface area contributed by atoms with Gasteiger partial charge in [-0.2, -0.15) is 0 Å². The summed E-state index contributed by atoms with van der Waals surface area (Å²) in [4.78, 5) is 30.8. The van der Waals surface area contributed by atoms with E-state index in [2.05, 4.69) is 4.98 Å². The van der Waals surface area contributed by atoms with Crippen molar-refractivity contribution in [3.05, 3.63) is 40.4 Å². The molecule has 1 aromatic heterocycles. The number of esters is 1. The number of carbonyl (C=O) groups excluding carboxylic acids is 2. The van der Waals surface area contributed by atoms with E-state index in [9.17, 15) is 9.59 Å². The molecule has 1 aromatic carbocycles. The van der Waals surface area contributed by atoms with Crippen molar-refractivity contribution in [3.8, 4) is 10.6 Å². The lowest BCUT2D eigenvalue weighted by Gasteiger charge is -2.31. The van der Waals surface area contributed by atoms with Crippen LogP contribution in [-0.2, 0) is 9.53 Å². The fourth-order valence-electron chi connectivity index (χ4n) is 2.90. The highest BCUT2D eigenvalue weighted by Gasteiger charge is 2.30. The van der Waals surface area contributed by atoms with Gasteiger partial charge in [0.05, 0.1) is 12.5 Å². The molecule has 0 spiro atoms. The van der Waals surface area contributed by atoms with Crippen molar-refractivity contribution in [2.75, 3.05) is 19.7 Å². The molecule has 0 aliphatic carbocycles. The number of aromatic nitrogens is 1. The summed E-state index contributed by atoms with van der Waals surface area (Å²) in [5.41, 5.74) is 1.30. The molecule has 25 heavy (non-hydrogen) atoms. The topological polar surface area (TPSA) is 59.5 Å². The lowest BCUT2D eigenvalue weighted by atomic mass is 9.98. The maximum atomic E-state index is 12.7. The molecule has 0 bridgehead atoms. The Bertz CT molecular complexity index is 777. The Morgan fingerprint density at radius 2 is 2.28 bits per heavy atom. The number of thiazole rings is 1. The number of hydrogen-bond acceptors (Lipinski definition) is 5. The Hall–Kier alpha value is -1.92. The Morgan fingerprint density at radius 3 is 3.04 bits per heavy atom. The quantitative estimate of drug-likeness (QED) is 0.757. The molecule has 0 saturated carbocycles. The molecule has 0 radical (unpaired) electrons. The summed E-state index contributed by atoms with van der Waals surface area (Å²) in [6.07, 6.45) is 1.55. The van der Waals surface area contributed by atoms with Crippen LogP contribution in [0.2, 0.25) is 5.02 Å². The smallest absolute Gasteiger partial charge is 0.310 e. The van der Waals surface area contributed by atoms with Gasteiger partial charge in [-0.25, -0.2) is 4.98 Å². The van der Waals surface area contributed by atoms with Crippen LogP contribution in [0, 0.1) is 5.92 Å². The zero-order chi connectivity index (χ0) is 17.8. The predicted octanol–water partition coefficient (Wildman–Crippen LogP) is 3.88. The van der Waals surface area contributed by atoms with Crippen molar-refractivity contribution in [2.24, 2.45) is 5.92 Å². The number of carbonyl (C=O) groups is 2. The lowest BCUT2D eigenvalue weighted by molar-refractivity contribution is -0.149. The molecule has 1 aliphatic heterocycles. The zero-order valence-electron chi connectivity index (χ0n) is 13.9. The van der Waals surface area contributed by atoms with Crippen LogP contribution >= 0.6 is 22.9 Å². The Labute approximate surface area is 155 Å². The van der Waals surface area contributed by atoms with Gasteiger partial charge in [0.2, 0.25) is 0 Å². The molecule has 1 saturated heterocycles. The van der Waals surface area contributed by atoms with E-state index in [0.717, 1.165) is 23.4 Å². The molecular weight excluding hydrogens is 360 g/mol. The molecule has 1 atom stereocenters. The van der Waals surface area contributed by atoms with Gasteiger partial charge in [-0.05, 0) is 31.9 Å². The molecule has 1 aliphatic rings. The van der Waals surface area contributed by atoms with Crippen molar-refractivity contribution in [1.82, 2.24) is 9.88 Å². The van der Waals surface area contributed by atoms with Crippen molar-refractivity contribution in [3.63, 3.8) is 0 Å². The van der Waals surface area contributed by atoms with E-state index in [-0.39, 0.29) is 17.8 Å². The molecular formula is C18H19ClN2O3S. The normalized spacial score (nSPS) is 17.4. The number of hydrogen-bond donors (Lipinski definition) is 0. The standard InChI is InChI=1S/C18H19ClN2O3S/c1-2-24-18(23)13-6-4-8-21(10-13)17(22)15-11-25-16(20-15)12-5-3-7-14(19)9-12/h3,5,7,9,11,13H,2,4,6,8,10H2,1H3. The van der Waals surface area contributed by atoms with Gasteiger partial charge in [-0.15, -0.1) is 11.3 Å². The van der Waals surface area contributed by atoms with Crippen LogP contribution in [0.15, 0.2) is 29.6 Å². The van der Waals surface area contributed by atoms with E-state index in [1.54, 1.807) is 23.3 Å². The van der Waals surface area contributed by atoms with Crippen molar-refractivity contribution in [2.45, 2.75) is 19.8 Å². The largest absolute Gasteiger partial charge is 0.466 e. The van der Waals surface area contributed by atoms with E-state index < -0.39 is 0 Å². The second-order valence-corrected chi connectivity index (χ2v) is 7.19. The van der Waals surface area contributed by atoms with Crippen LogP contribution < -0.4 is 0 Å². The van der Waals surface area contributed by atoms with Crippen LogP contribution in [0.4, 0.5) is 0 Å². The summed E-state index contributed by atoms with van der Waals surface area (Å²) >= 11 is 7.43. The number of amides is 1. The first-order valence-electron chi connectivity index (χ1n) is 8.26. The minimum Gasteiger partial charge on any atom is -0.466 e. The lowest BCUT2D eigenvalue weighted by Crippen LogP contribution is -2.42. The molecule has 132 valence electrons. The summed E-state index contributed by atoms with van der Waals surface area (Å²) < 4.78 is 5.09. The first-order valence-corrected chi connectivity index (χ1v) is 9.51. The molecule has 1 unspecified atom stereocenters. The second kappa shape index (κ2) is 7.97. The van der Waals surface area contributed by atoms with E-state index in [1.165, 1.54) is 11.3 Å². The number of ether oxygens (including phenoxy) is 1. The van der Waals surface area contributed by atoms with Crippen molar-refractivity contribution < 1.29 is 14.3 Å². The molecule has 2 aromatic rings. The third-order valence-electron chi connectivity index (χ3n) is 4.12. The first kappa shape index (κ1) is 17.9. The van der Waals surface area contributed by atoms with E-state index >= 15 is 0 Å². The second-order valence-electron chi connectivity index (χ2n) is 5.89. The summed E-state index contributed by atoms with van der Waals surface area (Å²) in [5.74, 6) is -0.611. The van der Waals surface area contributed by atoms with Gasteiger partial charge in [0.15, 0.2) is 0 Å². The Balaban J connectivity index is 1.72. The number of rotatable bonds is 4. The summed E-state index contributed by atoms with van der Waals surface area (Å²) in [6, 6.07) is 7.39. The van der Waals surface area contributed by atoms with Gasteiger partial charge in [-0.3, -0.25) is 9.59 Å². The van der Waals surface area contributed by atoms with Gasteiger partial charge < -0.3 is 9.64 Å². The van der Waals surface area contributed by atoms with Crippen LogP contribution in [-0.4, -0.2) is 41.5 Å². The van der Waals surface area contributed by atoms with Crippen molar-refractivity contribution >= 4 is 34.8 Å². The van der Waals surface area contributed by atoms with Crippen molar-refractivity contribution in [1.29, 1.82) is 0 Å².